The second-order valence-electron chi connectivity index (χ2n) is 6.21. The Morgan fingerprint density at radius 1 is 1.30 bits per heavy atom. The first-order valence-corrected chi connectivity index (χ1v) is 8.44. The molecule has 0 saturated carbocycles. The molecule has 1 heterocycles. The number of β-amino-alcohol motifs (C(OH)–C–C–N with tert-alkyl or cyclic N) is 1. The van der Waals surface area contributed by atoms with Crippen LogP contribution in [-0.2, 0) is 16.0 Å². The molecule has 1 aromatic carbocycles. The zero-order chi connectivity index (χ0) is 16.5. The maximum atomic E-state index is 11.8. The molecule has 0 spiro atoms. The van der Waals surface area contributed by atoms with Gasteiger partial charge in [0.15, 0.2) is 0 Å². The molecule has 5 heteroatoms. The van der Waals surface area contributed by atoms with E-state index < -0.39 is 6.10 Å². The molecular weight excluding hydrogens is 292 g/mol. The highest BCUT2D eigenvalue weighted by atomic mass is 16.5. The molecule has 1 aliphatic rings. The summed E-state index contributed by atoms with van der Waals surface area (Å²) >= 11 is 0. The Morgan fingerprint density at radius 3 is 2.70 bits per heavy atom. The van der Waals surface area contributed by atoms with Gasteiger partial charge in [-0.2, -0.15) is 0 Å². The number of rotatable bonds is 8. The number of aliphatic hydroxyl groups is 1. The third-order valence-corrected chi connectivity index (χ3v) is 4.10. The van der Waals surface area contributed by atoms with Gasteiger partial charge < -0.3 is 15.2 Å². The van der Waals surface area contributed by atoms with Crippen LogP contribution < -0.4 is 5.32 Å². The molecule has 5 nitrogen and oxygen atoms in total. The zero-order valence-corrected chi connectivity index (χ0v) is 14.0. The van der Waals surface area contributed by atoms with Gasteiger partial charge in [0, 0.05) is 32.6 Å². The lowest BCUT2D eigenvalue weighted by atomic mass is 10.1. The molecule has 2 rings (SSSR count). The minimum Gasteiger partial charge on any atom is -0.390 e. The summed E-state index contributed by atoms with van der Waals surface area (Å²) in [6, 6.07) is 8.41. The average Bonchev–Trinajstić information content (AvgIpc) is 2.56. The van der Waals surface area contributed by atoms with Crippen molar-refractivity contribution in [3.8, 4) is 0 Å². The molecule has 0 aromatic heterocycles. The van der Waals surface area contributed by atoms with Crippen LogP contribution in [0.25, 0.3) is 0 Å². The van der Waals surface area contributed by atoms with E-state index in [1.54, 1.807) is 0 Å². The van der Waals surface area contributed by atoms with Crippen molar-refractivity contribution in [1.29, 1.82) is 0 Å². The van der Waals surface area contributed by atoms with Gasteiger partial charge in [0.25, 0.3) is 0 Å². The summed E-state index contributed by atoms with van der Waals surface area (Å²) in [6.07, 6.45) is 1.71. The van der Waals surface area contributed by atoms with E-state index in [0.717, 1.165) is 39.1 Å². The summed E-state index contributed by atoms with van der Waals surface area (Å²) in [5.41, 5.74) is 2.51. The zero-order valence-electron chi connectivity index (χ0n) is 14.0. The highest BCUT2D eigenvalue weighted by Crippen LogP contribution is 2.07. The smallest absolute Gasteiger partial charge is 0.220 e. The summed E-state index contributed by atoms with van der Waals surface area (Å²) in [5, 5.41) is 12.8. The van der Waals surface area contributed by atoms with Crippen molar-refractivity contribution in [2.45, 2.75) is 32.3 Å². The van der Waals surface area contributed by atoms with Crippen molar-refractivity contribution in [2.75, 3.05) is 39.4 Å². The molecule has 23 heavy (non-hydrogen) atoms. The molecule has 0 aliphatic carbocycles. The summed E-state index contributed by atoms with van der Waals surface area (Å²) in [5.74, 6) is 0.0122. The predicted octanol–water partition coefficient (Wildman–Crippen LogP) is 1.13. The van der Waals surface area contributed by atoms with E-state index in [1.165, 1.54) is 11.1 Å². The summed E-state index contributed by atoms with van der Waals surface area (Å²) in [6.45, 7) is 6.12. The van der Waals surface area contributed by atoms with E-state index in [9.17, 15) is 9.90 Å². The van der Waals surface area contributed by atoms with Crippen molar-refractivity contribution in [3.63, 3.8) is 0 Å². The maximum Gasteiger partial charge on any atom is 0.220 e. The first kappa shape index (κ1) is 17.9. The first-order valence-electron chi connectivity index (χ1n) is 8.44. The Bertz CT molecular complexity index is 470. The van der Waals surface area contributed by atoms with Crippen LogP contribution in [-0.4, -0.2) is 61.4 Å². The Balaban J connectivity index is 1.56. The maximum absolute atomic E-state index is 11.8. The van der Waals surface area contributed by atoms with Gasteiger partial charge in [-0.1, -0.05) is 29.8 Å². The van der Waals surface area contributed by atoms with Gasteiger partial charge >= 0.3 is 0 Å². The first-order chi connectivity index (χ1) is 11.1. The number of amides is 1. The number of carbonyl (C=O) groups excluding carboxylic acids is 1. The summed E-state index contributed by atoms with van der Waals surface area (Å²) in [4.78, 5) is 14.0. The van der Waals surface area contributed by atoms with Gasteiger partial charge in [-0.3, -0.25) is 9.69 Å². The molecule has 128 valence electrons. The van der Waals surface area contributed by atoms with E-state index in [4.69, 9.17) is 4.74 Å². The standard InChI is InChI=1S/C18H28N2O3/c1-15-5-7-16(8-6-15)3-2-4-18(22)19-13-17(21)14-20-9-11-23-12-10-20/h5-8,17,21H,2-4,9-14H2,1H3,(H,19,22)/t17-/m1/s1. The Morgan fingerprint density at radius 2 is 2.00 bits per heavy atom. The number of benzene rings is 1. The number of aryl methyl sites for hydroxylation is 2. The second-order valence-corrected chi connectivity index (χ2v) is 6.21. The number of aliphatic hydroxyl groups excluding tert-OH is 1. The molecule has 2 N–H and O–H groups in total. The molecule has 1 amide bonds. The molecule has 0 unspecified atom stereocenters. The van der Waals surface area contributed by atoms with Crippen molar-refractivity contribution >= 4 is 5.91 Å². The SMILES string of the molecule is Cc1ccc(CCCC(=O)NC[C@@H](O)CN2CCOCC2)cc1. The molecule has 1 aromatic rings. The van der Waals surface area contributed by atoms with E-state index in [0.29, 0.717) is 19.5 Å². The number of hydrogen-bond donors (Lipinski definition) is 2. The normalized spacial score (nSPS) is 17.0. The fourth-order valence-corrected chi connectivity index (χ4v) is 2.67. The minimum absolute atomic E-state index is 0.0122. The highest BCUT2D eigenvalue weighted by molar-refractivity contribution is 5.75. The highest BCUT2D eigenvalue weighted by Gasteiger charge is 2.15. The number of ether oxygens (including phenoxy) is 1. The van der Waals surface area contributed by atoms with Crippen LogP contribution in [0.4, 0.5) is 0 Å². The van der Waals surface area contributed by atoms with Gasteiger partial charge in [-0.15, -0.1) is 0 Å². The Labute approximate surface area is 138 Å². The molecule has 1 aliphatic heterocycles. The molecule has 1 fully saturated rings. The summed E-state index contributed by atoms with van der Waals surface area (Å²) in [7, 11) is 0. The van der Waals surface area contributed by atoms with E-state index in [-0.39, 0.29) is 5.91 Å². The predicted molar refractivity (Wildman–Crippen MR) is 90.4 cm³/mol. The van der Waals surface area contributed by atoms with Crippen LogP contribution in [0, 0.1) is 6.92 Å². The van der Waals surface area contributed by atoms with Crippen molar-refractivity contribution < 1.29 is 14.6 Å². The van der Waals surface area contributed by atoms with Crippen LogP contribution in [0.5, 0.6) is 0 Å². The fourth-order valence-electron chi connectivity index (χ4n) is 2.67. The molecule has 1 saturated heterocycles. The van der Waals surface area contributed by atoms with Crippen LogP contribution in [0.15, 0.2) is 24.3 Å². The number of carbonyl (C=O) groups is 1. The second kappa shape index (κ2) is 9.65. The minimum atomic E-state index is -0.519. The number of nitrogens with one attached hydrogen (secondary N) is 1. The van der Waals surface area contributed by atoms with Crippen LogP contribution in [0.2, 0.25) is 0 Å². The van der Waals surface area contributed by atoms with Crippen molar-refractivity contribution in [1.82, 2.24) is 10.2 Å². The quantitative estimate of drug-likeness (QED) is 0.754. The molecule has 0 bridgehead atoms. The number of nitrogens with zero attached hydrogens (tertiary/aromatic N) is 1. The topological polar surface area (TPSA) is 61.8 Å². The third-order valence-electron chi connectivity index (χ3n) is 4.10. The largest absolute Gasteiger partial charge is 0.390 e. The Hall–Kier alpha value is -1.43. The van der Waals surface area contributed by atoms with Gasteiger partial charge in [-0.25, -0.2) is 0 Å². The van der Waals surface area contributed by atoms with Crippen LogP contribution >= 0.6 is 0 Å². The average molecular weight is 320 g/mol. The Kier molecular flexibility index (Phi) is 7.52. The number of hydrogen-bond acceptors (Lipinski definition) is 4. The lowest BCUT2D eigenvalue weighted by Gasteiger charge is -2.28. The van der Waals surface area contributed by atoms with E-state index in [1.807, 2.05) is 0 Å². The third kappa shape index (κ3) is 7.12. The lowest BCUT2D eigenvalue weighted by Crippen LogP contribution is -2.44. The number of morpholine rings is 1. The molecule has 1 atom stereocenters. The van der Waals surface area contributed by atoms with Crippen molar-refractivity contribution in [2.24, 2.45) is 0 Å². The van der Waals surface area contributed by atoms with E-state index in [2.05, 4.69) is 41.4 Å². The monoisotopic (exact) mass is 320 g/mol. The van der Waals surface area contributed by atoms with Crippen LogP contribution in [0.1, 0.15) is 24.0 Å². The van der Waals surface area contributed by atoms with Crippen molar-refractivity contribution in [3.05, 3.63) is 35.4 Å². The molecular formula is C18H28N2O3. The molecule has 0 radical (unpaired) electrons. The van der Waals surface area contributed by atoms with Gasteiger partial charge in [0.2, 0.25) is 5.91 Å². The fraction of sp³-hybridized carbons (Fsp3) is 0.611. The van der Waals surface area contributed by atoms with Gasteiger partial charge in [-0.05, 0) is 25.3 Å². The van der Waals surface area contributed by atoms with E-state index >= 15 is 0 Å². The van der Waals surface area contributed by atoms with Gasteiger partial charge in [0.1, 0.15) is 0 Å². The van der Waals surface area contributed by atoms with Crippen LogP contribution in [0.3, 0.4) is 0 Å². The van der Waals surface area contributed by atoms with Gasteiger partial charge in [0.05, 0.1) is 19.3 Å². The lowest BCUT2D eigenvalue weighted by molar-refractivity contribution is -0.121. The summed E-state index contributed by atoms with van der Waals surface area (Å²) < 4.78 is 5.27.